The highest BCUT2D eigenvalue weighted by molar-refractivity contribution is 5.91. The Morgan fingerprint density at radius 1 is 1.26 bits per heavy atom. The van der Waals surface area contributed by atoms with Gasteiger partial charge in [0.25, 0.3) is 5.69 Å². The van der Waals surface area contributed by atoms with Gasteiger partial charge in [-0.2, -0.15) is 0 Å². The number of anilines is 1. The van der Waals surface area contributed by atoms with Gasteiger partial charge in [0.1, 0.15) is 11.6 Å². The number of urea groups is 1. The summed E-state index contributed by atoms with van der Waals surface area (Å²) in [5, 5.41) is 15.8. The Morgan fingerprint density at radius 2 is 1.96 bits per heavy atom. The molecule has 2 N–H and O–H groups in total. The van der Waals surface area contributed by atoms with Crippen LogP contribution >= 0.6 is 0 Å². The van der Waals surface area contributed by atoms with Crippen LogP contribution in [-0.2, 0) is 6.54 Å². The topological polar surface area (TPSA) is 93.5 Å². The standard InChI is InChI=1S/C15H14FN3O4/c1-23-14-7-6-12(19(21)22)8-13(14)18-15(20)17-9-10-2-4-11(16)5-3-10/h2-8H,9H2,1H3,(H2,17,18,20). The molecule has 0 saturated carbocycles. The van der Waals surface area contributed by atoms with Crippen LogP contribution in [0.2, 0.25) is 0 Å². The Kier molecular flexibility index (Phi) is 5.08. The molecule has 7 nitrogen and oxygen atoms in total. The number of rotatable bonds is 5. The molecular weight excluding hydrogens is 305 g/mol. The van der Waals surface area contributed by atoms with Gasteiger partial charge in [0, 0.05) is 18.7 Å². The minimum atomic E-state index is -0.568. The van der Waals surface area contributed by atoms with Crippen LogP contribution in [0.1, 0.15) is 5.56 Å². The summed E-state index contributed by atoms with van der Waals surface area (Å²) in [5.41, 5.74) is 0.727. The number of nitro benzene ring substituents is 1. The summed E-state index contributed by atoms with van der Waals surface area (Å²) in [7, 11) is 1.39. The van der Waals surface area contributed by atoms with Gasteiger partial charge < -0.3 is 15.4 Å². The smallest absolute Gasteiger partial charge is 0.319 e. The van der Waals surface area contributed by atoms with E-state index in [9.17, 15) is 19.3 Å². The van der Waals surface area contributed by atoms with Crippen molar-refractivity contribution in [2.45, 2.75) is 6.54 Å². The Balaban J connectivity index is 2.02. The molecule has 23 heavy (non-hydrogen) atoms. The van der Waals surface area contributed by atoms with Crippen LogP contribution in [0, 0.1) is 15.9 Å². The number of amides is 2. The quantitative estimate of drug-likeness (QED) is 0.654. The minimum absolute atomic E-state index is 0.167. The van der Waals surface area contributed by atoms with Gasteiger partial charge in [-0.05, 0) is 23.8 Å². The summed E-state index contributed by atoms with van der Waals surface area (Å²) >= 11 is 0. The Hall–Kier alpha value is -3.16. The first-order valence-electron chi connectivity index (χ1n) is 6.61. The second-order valence-corrected chi connectivity index (χ2v) is 4.58. The SMILES string of the molecule is COc1ccc([N+](=O)[O-])cc1NC(=O)NCc1ccc(F)cc1. The molecule has 0 aromatic heterocycles. The van der Waals surface area contributed by atoms with E-state index >= 15 is 0 Å². The maximum absolute atomic E-state index is 12.8. The molecule has 0 saturated heterocycles. The predicted molar refractivity (Wildman–Crippen MR) is 81.9 cm³/mol. The molecule has 0 spiro atoms. The predicted octanol–water partition coefficient (Wildman–Crippen LogP) is 3.06. The molecule has 0 fully saturated rings. The van der Waals surface area contributed by atoms with E-state index in [0.717, 1.165) is 0 Å². The van der Waals surface area contributed by atoms with Gasteiger partial charge in [-0.3, -0.25) is 10.1 Å². The van der Waals surface area contributed by atoms with E-state index in [2.05, 4.69) is 10.6 Å². The first-order chi connectivity index (χ1) is 11.0. The van der Waals surface area contributed by atoms with Crippen molar-refractivity contribution >= 4 is 17.4 Å². The van der Waals surface area contributed by atoms with Crippen molar-refractivity contribution in [3.63, 3.8) is 0 Å². The van der Waals surface area contributed by atoms with Crippen LogP contribution in [0.4, 0.5) is 20.6 Å². The van der Waals surface area contributed by atoms with Crippen LogP contribution in [0.3, 0.4) is 0 Å². The van der Waals surface area contributed by atoms with Crippen molar-refractivity contribution in [1.82, 2.24) is 5.32 Å². The van der Waals surface area contributed by atoms with E-state index < -0.39 is 11.0 Å². The number of benzene rings is 2. The van der Waals surface area contributed by atoms with Gasteiger partial charge >= 0.3 is 6.03 Å². The lowest BCUT2D eigenvalue weighted by Crippen LogP contribution is -2.28. The van der Waals surface area contributed by atoms with Crippen LogP contribution in [-0.4, -0.2) is 18.1 Å². The lowest BCUT2D eigenvalue weighted by molar-refractivity contribution is -0.384. The monoisotopic (exact) mass is 319 g/mol. The fourth-order valence-electron chi connectivity index (χ4n) is 1.86. The Bertz CT molecular complexity index is 719. The number of carbonyl (C=O) groups is 1. The van der Waals surface area contributed by atoms with E-state index in [1.807, 2.05) is 0 Å². The van der Waals surface area contributed by atoms with Gasteiger partial charge in [0.05, 0.1) is 17.7 Å². The zero-order valence-electron chi connectivity index (χ0n) is 12.2. The maximum atomic E-state index is 12.8. The van der Waals surface area contributed by atoms with Crippen LogP contribution in [0.5, 0.6) is 5.75 Å². The molecule has 2 rings (SSSR count). The number of halogens is 1. The lowest BCUT2D eigenvalue weighted by atomic mass is 10.2. The normalized spacial score (nSPS) is 10.0. The summed E-state index contributed by atoms with van der Waals surface area (Å²) in [6.07, 6.45) is 0. The van der Waals surface area contributed by atoms with Crippen molar-refractivity contribution in [2.75, 3.05) is 12.4 Å². The van der Waals surface area contributed by atoms with E-state index in [4.69, 9.17) is 4.74 Å². The van der Waals surface area contributed by atoms with Crippen molar-refractivity contribution < 1.29 is 18.8 Å². The van der Waals surface area contributed by atoms with Crippen LogP contribution in [0.25, 0.3) is 0 Å². The number of ether oxygens (including phenoxy) is 1. The molecule has 0 aliphatic carbocycles. The highest BCUT2D eigenvalue weighted by atomic mass is 19.1. The van der Waals surface area contributed by atoms with Gasteiger partial charge in [-0.25, -0.2) is 9.18 Å². The van der Waals surface area contributed by atoms with Crippen LogP contribution in [0.15, 0.2) is 42.5 Å². The molecule has 0 atom stereocenters. The molecule has 8 heteroatoms. The summed E-state index contributed by atoms with van der Waals surface area (Å²) in [5.74, 6) is -0.0629. The molecule has 0 aliphatic heterocycles. The lowest BCUT2D eigenvalue weighted by Gasteiger charge is -2.11. The Morgan fingerprint density at radius 3 is 2.57 bits per heavy atom. The number of nitrogens with zero attached hydrogens (tertiary/aromatic N) is 1. The molecule has 2 amide bonds. The second-order valence-electron chi connectivity index (χ2n) is 4.58. The summed E-state index contributed by atoms with van der Waals surface area (Å²) in [6, 6.07) is 8.99. The molecule has 0 heterocycles. The summed E-state index contributed by atoms with van der Waals surface area (Å²) in [4.78, 5) is 22.1. The summed E-state index contributed by atoms with van der Waals surface area (Å²) < 4.78 is 17.8. The number of methoxy groups -OCH3 is 1. The van der Waals surface area contributed by atoms with Crippen LogP contribution < -0.4 is 15.4 Å². The van der Waals surface area contributed by atoms with Crippen molar-refractivity contribution in [1.29, 1.82) is 0 Å². The third kappa shape index (κ3) is 4.40. The number of hydrogen-bond acceptors (Lipinski definition) is 4. The molecule has 120 valence electrons. The third-order valence-electron chi connectivity index (χ3n) is 3.01. The van der Waals surface area contributed by atoms with Gasteiger partial charge in [0.2, 0.25) is 0 Å². The molecule has 0 unspecified atom stereocenters. The fraction of sp³-hybridized carbons (Fsp3) is 0.133. The molecule has 0 radical (unpaired) electrons. The van der Waals surface area contributed by atoms with Gasteiger partial charge in [-0.1, -0.05) is 12.1 Å². The average Bonchev–Trinajstić information content (AvgIpc) is 2.54. The van der Waals surface area contributed by atoms with Crippen molar-refractivity contribution in [3.05, 3.63) is 64.0 Å². The zero-order chi connectivity index (χ0) is 16.8. The minimum Gasteiger partial charge on any atom is -0.495 e. The van der Waals surface area contributed by atoms with E-state index in [1.165, 1.54) is 37.4 Å². The number of carbonyl (C=O) groups excluding carboxylic acids is 1. The molecular formula is C15H14FN3O4. The Labute approximate surface area is 131 Å². The van der Waals surface area contributed by atoms with E-state index in [0.29, 0.717) is 11.3 Å². The zero-order valence-corrected chi connectivity index (χ0v) is 12.2. The average molecular weight is 319 g/mol. The molecule has 2 aromatic rings. The highest BCUT2D eigenvalue weighted by Gasteiger charge is 2.13. The first kappa shape index (κ1) is 16.2. The number of nitrogens with one attached hydrogen (secondary N) is 2. The molecule has 0 bridgehead atoms. The molecule has 2 aromatic carbocycles. The van der Waals surface area contributed by atoms with E-state index in [1.54, 1.807) is 12.1 Å². The third-order valence-corrected chi connectivity index (χ3v) is 3.01. The fourth-order valence-corrected chi connectivity index (χ4v) is 1.86. The first-order valence-corrected chi connectivity index (χ1v) is 6.61. The number of nitro groups is 1. The highest BCUT2D eigenvalue weighted by Crippen LogP contribution is 2.28. The van der Waals surface area contributed by atoms with Gasteiger partial charge in [-0.15, -0.1) is 0 Å². The number of hydrogen-bond donors (Lipinski definition) is 2. The van der Waals surface area contributed by atoms with Gasteiger partial charge in [0.15, 0.2) is 0 Å². The summed E-state index contributed by atoms with van der Waals surface area (Å²) in [6.45, 7) is 0.184. The maximum Gasteiger partial charge on any atom is 0.319 e. The molecule has 0 aliphatic rings. The van der Waals surface area contributed by atoms with Crippen molar-refractivity contribution in [2.24, 2.45) is 0 Å². The largest absolute Gasteiger partial charge is 0.495 e. The van der Waals surface area contributed by atoms with Crippen molar-refractivity contribution in [3.8, 4) is 5.75 Å². The second kappa shape index (κ2) is 7.21. The van der Waals surface area contributed by atoms with E-state index in [-0.39, 0.29) is 23.7 Å². The number of non-ortho nitro benzene ring substituents is 1.